The van der Waals surface area contributed by atoms with Gasteiger partial charge in [0.2, 0.25) is 5.88 Å². The Hall–Kier alpha value is -4.58. The van der Waals surface area contributed by atoms with Gasteiger partial charge in [-0.3, -0.25) is 9.59 Å². The van der Waals surface area contributed by atoms with E-state index >= 15 is 0 Å². The molecule has 2 atom stereocenters. The first-order valence-electron chi connectivity index (χ1n) is 15.7. The Morgan fingerprint density at radius 3 is 2.44 bits per heavy atom. The van der Waals surface area contributed by atoms with Crippen molar-refractivity contribution in [3.63, 3.8) is 0 Å². The lowest BCUT2D eigenvalue weighted by atomic mass is 10.1. The summed E-state index contributed by atoms with van der Waals surface area (Å²) >= 11 is 13.4. The third kappa shape index (κ3) is 6.09. The average Bonchev–Trinajstić information content (AvgIpc) is 3.48. The SMILES string of the molecule is CC(=O)c1cn(-c2ccc(N3CC(N(C)C)C3)nc2)c2cc(N3CC(c4ncccn4)C[C@@H]3COc3ncccc3Cl)c(Cl)cc2c1=O. The minimum absolute atomic E-state index is 0.00149. The van der Waals surface area contributed by atoms with E-state index in [-0.39, 0.29) is 35.3 Å². The summed E-state index contributed by atoms with van der Waals surface area (Å²) in [6, 6.07) is 13.1. The minimum Gasteiger partial charge on any atom is -0.474 e. The van der Waals surface area contributed by atoms with Gasteiger partial charge in [0, 0.05) is 61.8 Å². The fourth-order valence-electron chi connectivity index (χ4n) is 6.43. The molecule has 13 heteroatoms. The molecule has 5 aromatic rings. The number of ether oxygens (including phenoxy) is 1. The van der Waals surface area contributed by atoms with Crippen LogP contribution in [0.5, 0.6) is 5.88 Å². The van der Waals surface area contributed by atoms with Gasteiger partial charge in [-0.25, -0.2) is 19.9 Å². The lowest BCUT2D eigenvalue weighted by Gasteiger charge is -2.43. The molecule has 0 spiro atoms. The summed E-state index contributed by atoms with van der Waals surface area (Å²) in [5.41, 5.74) is 1.73. The number of carbonyl (C=O) groups is 1. The van der Waals surface area contributed by atoms with E-state index in [0.29, 0.717) is 57.2 Å². The summed E-state index contributed by atoms with van der Waals surface area (Å²) in [5, 5.41) is 1.14. The van der Waals surface area contributed by atoms with Crippen molar-refractivity contribution in [3.05, 3.63) is 105 Å². The average molecular weight is 686 g/mol. The number of rotatable bonds is 9. The molecule has 11 nitrogen and oxygen atoms in total. The molecule has 48 heavy (non-hydrogen) atoms. The van der Waals surface area contributed by atoms with Gasteiger partial charge >= 0.3 is 0 Å². The van der Waals surface area contributed by atoms with E-state index in [1.165, 1.54) is 6.92 Å². The second kappa shape index (κ2) is 13.1. The number of anilines is 2. The van der Waals surface area contributed by atoms with Crippen LogP contribution in [0.25, 0.3) is 16.6 Å². The smallest absolute Gasteiger partial charge is 0.232 e. The zero-order chi connectivity index (χ0) is 33.5. The molecule has 0 radical (unpaired) electrons. The lowest BCUT2D eigenvalue weighted by Crippen LogP contribution is -2.57. The number of ketones is 1. The Kier molecular flexibility index (Phi) is 8.76. The fraction of sp³-hybridized carbons (Fsp3) is 0.314. The third-order valence-electron chi connectivity index (χ3n) is 9.19. The lowest BCUT2D eigenvalue weighted by molar-refractivity contribution is 0.101. The van der Waals surface area contributed by atoms with Crippen LogP contribution in [0.15, 0.2) is 78.2 Å². The maximum atomic E-state index is 13.6. The topological polar surface area (TPSA) is 110 Å². The van der Waals surface area contributed by atoms with E-state index in [0.717, 1.165) is 24.7 Å². The second-order valence-corrected chi connectivity index (χ2v) is 13.3. The largest absolute Gasteiger partial charge is 0.474 e. The minimum atomic E-state index is -0.372. The Morgan fingerprint density at radius 2 is 1.75 bits per heavy atom. The van der Waals surface area contributed by atoms with Crippen LogP contribution in [0.2, 0.25) is 10.0 Å². The molecule has 0 amide bonds. The number of fused-ring (bicyclic) bond motifs is 1. The fourth-order valence-corrected chi connectivity index (χ4v) is 6.87. The van der Waals surface area contributed by atoms with E-state index in [2.05, 4.69) is 43.7 Å². The van der Waals surface area contributed by atoms with E-state index in [9.17, 15) is 9.59 Å². The Morgan fingerprint density at radius 1 is 0.979 bits per heavy atom. The first-order valence-corrected chi connectivity index (χ1v) is 16.5. The number of aromatic nitrogens is 5. The number of pyridine rings is 3. The molecule has 6 heterocycles. The first kappa shape index (κ1) is 32.0. The maximum absolute atomic E-state index is 13.6. The number of halogens is 2. The summed E-state index contributed by atoms with van der Waals surface area (Å²) in [4.78, 5) is 50.9. The number of likely N-dealkylation sites (N-methyl/N-ethyl adjacent to an activating group) is 1. The number of carbonyl (C=O) groups excluding carboxylic acids is 1. The monoisotopic (exact) mass is 684 g/mol. The van der Waals surface area contributed by atoms with Crippen LogP contribution >= 0.6 is 23.2 Å². The van der Waals surface area contributed by atoms with Crippen LogP contribution in [0.1, 0.15) is 35.4 Å². The summed E-state index contributed by atoms with van der Waals surface area (Å²) in [7, 11) is 4.16. The number of hydrogen-bond donors (Lipinski definition) is 0. The van der Waals surface area contributed by atoms with Gasteiger partial charge in [-0.2, -0.15) is 0 Å². The molecule has 2 aliphatic rings. The van der Waals surface area contributed by atoms with Crippen LogP contribution in [-0.2, 0) is 0 Å². The Balaban J connectivity index is 1.29. The molecule has 0 N–H and O–H groups in total. The molecular weight excluding hydrogens is 651 g/mol. The number of benzene rings is 1. The molecule has 7 rings (SSSR count). The van der Waals surface area contributed by atoms with Crippen molar-refractivity contribution in [2.24, 2.45) is 0 Å². The quantitative estimate of drug-likeness (QED) is 0.191. The normalized spacial score (nSPS) is 18.0. The predicted molar refractivity (Wildman–Crippen MR) is 187 cm³/mol. The summed E-state index contributed by atoms with van der Waals surface area (Å²) in [6.45, 7) is 4.04. The van der Waals surface area contributed by atoms with Crippen molar-refractivity contribution in [2.75, 3.05) is 50.1 Å². The maximum Gasteiger partial charge on any atom is 0.232 e. The molecular formula is C35H34Cl2N8O3. The van der Waals surface area contributed by atoms with Crippen LogP contribution in [0.4, 0.5) is 11.5 Å². The number of nitrogens with zero attached hydrogens (tertiary/aromatic N) is 8. The van der Waals surface area contributed by atoms with Crippen molar-refractivity contribution >= 4 is 51.4 Å². The standard InChI is InChI=1S/C35H34Cl2N8O3/c1-21(46)27-19-45(23-7-8-32(41-15-23)43-17-25(18-43)42(2)3)30-14-31(29(37)13-26(30)33(27)47)44-16-22(34-38-10-5-11-39-34)12-24(44)20-48-35-28(36)6-4-9-40-35/h4-11,13-15,19,22,24-25H,12,16-18,20H2,1-3H3/t22?,24-/m1/s1. The van der Waals surface area contributed by atoms with Gasteiger partial charge in [-0.05, 0) is 69.9 Å². The van der Waals surface area contributed by atoms with Gasteiger partial charge in [0.25, 0.3) is 0 Å². The molecule has 2 fully saturated rings. The van der Waals surface area contributed by atoms with E-state index in [4.69, 9.17) is 32.9 Å². The van der Waals surface area contributed by atoms with Crippen molar-refractivity contribution < 1.29 is 9.53 Å². The summed E-state index contributed by atoms with van der Waals surface area (Å²) in [5.74, 6) is 1.62. The molecule has 1 unspecified atom stereocenters. The van der Waals surface area contributed by atoms with Crippen LogP contribution in [0, 0.1) is 0 Å². The zero-order valence-electron chi connectivity index (χ0n) is 26.8. The molecule has 1 aromatic carbocycles. The van der Waals surface area contributed by atoms with E-state index < -0.39 is 0 Å². The molecule has 2 aliphatic heterocycles. The highest BCUT2D eigenvalue weighted by Gasteiger charge is 2.37. The van der Waals surface area contributed by atoms with Crippen molar-refractivity contribution in [1.29, 1.82) is 0 Å². The molecule has 0 aliphatic carbocycles. The third-order valence-corrected chi connectivity index (χ3v) is 9.78. The highest BCUT2D eigenvalue weighted by Crippen LogP contribution is 2.40. The van der Waals surface area contributed by atoms with Crippen molar-refractivity contribution in [3.8, 4) is 11.6 Å². The molecule has 0 saturated carbocycles. The van der Waals surface area contributed by atoms with Crippen molar-refractivity contribution in [2.45, 2.75) is 31.3 Å². The van der Waals surface area contributed by atoms with Crippen LogP contribution < -0.4 is 20.0 Å². The van der Waals surface area contributed by atoms with Gasteiger partial charge in [0.1, 0.15) is 23.3 Å². The number of hydrogen-bond acceptors (Lipinski definition) is 10. The van der Waals surface area contributed by atoms with Gasteiger partial charge in [0.15, 0.2) is 11.2 Å². The van der Waals surface area contributed by atoms with E-state index in [1.807, 2.05) is 22.8 Å². The predicted octanol–water partition coefficient (Wildman–Crippen LogP) is 5.27. The molecule has 4 aromatic heterocycles. The van der Waals surface area contributed by atoms with Gasteiger partial charge in [-0.1, -0.05) is 23.2 Å². The molecule has 246 valence electrons. The molecule has 0 bridgehead atoms. The zero-order valence-corrected chi connectivity index (χ0v) is 28.3. The van der Waals surface area contributed by atoms with E-state index in [1.54, 1.807) is 55.2 Å². The van der Waals surface area contributed by atoms with Crippen molar-refractivity contribution in [1.82, 2.24) is 29.4 Å². The van der Waals surface area contributed by atoms with Crippen LogP contribution in [0.3, 0.4) is 0 Å². The first-order chi connectivity index (χ1) is 23.2. The highest BCUT2D eigenvalue weighted by atomic mass is 35.5. The summed E-state index contributed by atoms with van der Waals surface area (Å²) < 4.78 is 7.97. The van der Waals surface area contributed by atoms with Gasteiger partial charge < -0.3 is 24.0 Å². The Bertz CT molecular complexity index is 2030. The number of Topliss-reactive ketones (excluding diaryl/α,β-unsaturated/α-hetero) is 1. The molecule has 2 saturated heterocycles. The summed E-state index contributed by atoms with van der Waals surface area (Å²) in [6.07, 6.45) is 9.16. The Labute approximate surface area is 287 Å². The van der Waals surface area contributed by atoms with Gasteiger partial charge in [-0.15, -0.1) is 0 Å². The van der Waals surface area contributed by atoms with Gasteiger partial charge in [0.05, 0.1) is 39.7 Å². The highest BCUT2D eigenvalue weighted by molar-refractivity contribution is 6.34. The van der Waals surface area contributed by atoms with Crippen LogP contribution in [-0.4, -0.2) is 87.6 Å². The second-order valence-electron chi connectivity index (χ2n) is 12.5.